The van der Waals surface area contributed by atoms with Crippen LogP contribution in [0, 0.1) is 0 Å². The molecule has 0 fully saturated rings. The molecule has 0 aliphatic carbocycles. The van der Waals surface area contributed by atoms with Crippen LogP contribution < -0.4 is 0 Å². The van der Waals surface area contributed by atoms with Gasteiger partial charge in [-0.05, 0) is 11.4 Å². The summed E-state index contributed by atoms with van der Waals surface area (Å²) in [6, 6.07) is 10.9. The predicted molar refractivity (Wildman–Crippen MR) is 61.5 cm³/mol. The number of carbonyl (C=O) groups is 2. The van der Waals surface area contributed by atoms with Gasteiger partial charge in [0.2, 0.25) is 0 Å². The first-order valence-electron chi connectivity index (χ1n) is 4.34. The summed E-state index contributed by atoms with van der Waals surface area (Å²) >= 11 is 1.53. The molecular weight excluding hydrogens is 208 g/mol. The Morgan fingerprint density at radius 2 is 1.53 bits per heavy atom. The normalized spacial score (nSPS) is 8.53. The Hall–Kier alpha value is -1.74. The van der Waals surface area contributed by atoms with E-state index in [9.17, 15) is 9.59 Å². The highest BCUT2D eigenvalue weighted by Gasteiger charge is 1.82. The molecule has 0 bridgehead atoms. The Kier molecular flexibility index (Phi) is 5.04. The minimum absolute atomic E-state index is 0.729. The van der Waals surface area contributed by atoms with E-state index in [1.807, 2.05) is 29.0 Å². The molecule has 0 aliphatic heterocycles. The first kappa shape index (κ1) is 11.3. The molecule has 0 saturated carbocycles. The highest BCUT2D eigenvalue weighted by atomic mass is 32.1. The quantitative estimate of drug-likeness (QED) is 0.726. The Morgan fingerprint density at radius 1 is 0.867 bits per heavy atom. The van der Waals surface area contributed by atoms with Crippen LogP contribution in [0.15, 0.2) is 47.2 Å². The highest BCUT2D eigenvalue weighted by molar-refractivity contribution is 7.08. The summed E-state index contributed by atoms with van der Waals surface area (Å²) < 4.78 is 0. The molecule has 0 unspecified atom stereocenters. The van der Waals surface area contributed by atoms with Gasteiger partial charge in [-0.25, -0.2) is 0 Å². The Bertz CT molecular complexity index is 393. The molecule has 0 saturated heterocycles. The predicted octanol–water partition coefficient (Wildman–Crippen LogP) is 3.06. The van der Waals surface area contributed by atoms with Gasteiger partial charge in [0.25, 0.3) is 0 Å². The zero-order valence-electron chi connectivity index (χ0n) is 8.00. The number of hydrogen-bond donors (Lipinski definition) is 0. The third-order valence-electron chi connectivity index (χ3n) is 1.61. The smallest absolute Gasteiger partial charge is 0.150 e. The largest absolute Gasteiger partial charge is 0.298 e. The average Bonchev–Trinajstić information content (AvgIpc) is 2.84. The SMILES string of the molecule is O=Cc1ccccc1.O=Cc1ccsc1. The second kappa shape index (κ2) is 6.68. The molecule has 0 radical (unpaired) electrons. The molecule has 1 aromatic heterocycles. The van der Waals surface area contributed by atoms with E-state index < -0.39 is 0 Å². The number of rotatable bonds is 2. The molecule has 0 N–H and O–H groups in total. The van der Waals surface area contributed by atoms with Gasteiger partial charge in [0.05, 0.1) is 0 Å². The molecular formula is C12H10O2S. The van der Waals surface area contributed by atoms with Crippen molar-refractivity contribution in [1.29, 1.82) is 0 Å². The number of hydrogen-bond acceptors (Lipinski definition) is 3. The molecule has 0 aliphatic rings. The number of thiophene rings is 1. The third kappa shape index (κ3) is 4.33. The standard InChI is InChI=1S/C7H6O.C5H4OS/c8-6-7-4-2-1-3-5-7;6-3-5-1-2-7-4-5/h1-6H;1-4H. The molecule has 2 aromatic rings. The Balaban J connectivity index is 0.000000151. The lowest BCUT2D eigenvalue weighted by Crippen LogP contribution is -1.73. The van der Waals surface area contributed by atoms with Crippen LogP contribution in [0.2, 0.25) is 0 Å². The maximum atomic E-state index is 10.0. The van der Waals surface area contributed by atoms with Crippen molar-refractivity contribution < 1.29 is 9.59 Å². The lowest BCUT2D eigenvalue weighted by molar-refractivity contribution is 0.111. The first-order valence-corrected chi connectivity index (χ1v) is 5.28. The van der Waals surface area contributed by atoms with Crippen LogP contribution in [-0.4, -0.2) is 12.6 Å². The number of carbonyl (C=O) groups excluding carboxylic acids is 2. The van der Waals surface area contributed by atoms with E-state index in [4.69, 9.17) is 0 Å². The van der Waals surface area contributed by atoms with Gasteiger partial charge in [-0.1, -0.05) is 30.3 Å². The third-order valence-corrected chi connectivity index (χ3v) is 2.32. The summed E-state index contributed by atoms with van der Waals surface area (Å²) in [5.74, 6) is 0. The van der Waals surface area contributed by atoms with E-state index in [2.05, 4.69) is 0 Å². The minimum Gasteiger partial charge on any atom is -0.298 e. The van der Waals surface area contributed by atoms with Crippen molar-refractivity contribution in [2.45, 2.75) is 0 Å². The van der Waals surface area contributed by atoms with Crippen molar-refractivity contribution in [3.8, 4) is 0 Å². The molecule has 1 heterocycles. The summed E-state index contributed by atoms with van der Waals surface area (Å²) in [7, 11) is 0. The molecule has 1 aromatic carbocycles. The van der Waals surface area contributed by atoms with Crippen LogP contribution in [0.1, 0.15) is 20.7 Å². The molecule has 76 valence electrons. The maximum absolute atomic E-state index is 10.0. The molecule has 0 spiro atoms. The van der Waals surface area contributed by atoms with Gasteiger partial charge in [-0.2, -0.15) is 11.3 Å². The molecule has 0 amide bonds. The second-order valence-electron chi connectivity index (χ2n) is 2.70. The van der Waals surface area contributed by atoms with E-state index in [1.54, 1.807) is 18.2 Å². The van der Waals surface area contributed by atoms with Gasteiger partial charge < -0.3 is 0 Å². The minimum atomic E-state index is 0.729. The van der Waals surface area contributed by atoms with E-state index in [-0.39, 0.29) is 0 Å². The zero-order valence-corrected chi connectivity index (χ0v) is 8.81. The fourth-order valence-corrected chi connectivity index (χ4v) is 1.48. The van der Waals surface area contributed by atoms with Gasteiger partial charge in [0.1, 0.15) is 6.29 Å². The van der Waals surface area contributed by atoms with E-state index in [1.165, 1.54) is 11.3 Å². The number of aldehydes is 2. The zero-order chi connectivity index (χ0) is 10.9. The topological polar surface area (TPSA) is 34.1 Å². The summed E-state index contributed by atoms with van der Waals surface area (Å²) in [5, 5.41) is 3.69. The van der Waals surface area contributed by atoms with Crippen molar-refractivity contribution in [3.05, 3.63) is 58.3 Å². The fraction of sp³-hybridized carbons (Fsp3) is 0. The Morgan fingerprint density at radius 3 is 1.87 bits per heavy atom. The van der Waals surface area contributed by atoms with Gasteiger partial charge in [-0.15, -0.1) is 0 Å². The van der Waals surface area contributed by atoms with Crippen LogP contribution in [0.3, 0.4) is 0 Å². The molecule has 15 heavy (non-hydrogen) atoms. The fourth-order valence-electron chi connectivity index (χ4n) is 0.874. The van der Waals surface area contributed by atoms with Crippen LogP contribution >= 0.6 is 11.3 Å². The van der Waals surface area contributed by atoms with Crippen molar-refractivity contribution in [1.82, 2.24) is 0 Å². The van der Waals surface area contributed by atoms with Gasteiger partial charge in [0.15, 0.2) is 6.29 Å². The lowest BCUT2D eigenvalue weighted by Gasteiger charge is -1.81. The molecule has 2 rings (SSSR count). The highest BCUT2D eigenvalue weighted by Crippen LogP contribution is 2.00. The van der Waals surface area contributed by atoms with Gasteiger partial charge >= 0.3 is 0 Å². The van der Waals surface area contributed by atoms with E-state index >= 15 is 0 Å². The van der Waals surface area contributed by atoms with Gasteiger partial charge in [0, 0.05) is 16.5 Å². The van der Waals surface area contributed by atoms with E-state index in [0.29, 0.717) is 0 Å². The van der Waals surface area contributed by atoms with Crippen molar-refractivity contribution >= 4 is 23.9 Å². The molecule has 3 heteroatoms. The van der Waals surface area contributed by atoms with Crippen LogP contribution in [0.4, 0.5) is 0 Å². The van der Waals surface area contributed by atoms with Crippen molar-refractivity contribution in [2.75, 3.05) is 0 Å². The van der Waals surface area contributed by atoms with Crippen LogP contribution in [0.5, 0.6) is 0 Å². The molecule has 0 atom stereocenters. The lowest BCUT2D eigenvalue weighted by atomic mass is 10.2. The van der Waals surface area contributed by atoms with Crippen molar-refractivity contribution in [2.24, 2.45) is 0 Å². The number of benzene rings is 1. The van der Waals surface area contributed by atoms with Gasteiger partial charge in [-0.3, -0.25) is 9.59 Å². The molecule has 2 nitrogen and oxygen atoms in total. The maximum Gasteiger partial charge on any atom is 0.150 e. The summed E-state index contributed by atoms with van der Waals surface area (Å²) in [4.78, 5) is 19.9. The first-order chi connectivity index (χ1) is 7.36. The van der Waals surface area contributed by atoms with E-state index in [0.717, 1.165) is 23.7 Å². The second-order valence-corrected chi connectivity index (χ2v) is 3.48. The van der Waals surface area contributed by atoms with Crippen LogP contribution in [-0.2, 0) is 0 Å². The Labute approximate surface area is 92.2 Å². The summed E-state index contributed by atoms with van der Waals surface area (Å²) in [5.41, 5.74) is 1.50. The summed E-state index contributed by atoms with van der Waals surface area (Å²) in [6.07, 6.45) is 1.68. The average molecular weight is 218 g/mol. The van der Waals surface area contributed by atoms with Crippen LogP contribution in [0.25, 0.3) is 0 Å². The summed E-state index contributed by atoms with van der Waals surface area (Å²) in [6.45, 7) is 0. The monoisotopic (exact) mass is 218 g/mol. The van der Waals surface area contributed by atoms with Crippen molar-refractivity contribution in [3.63, 3.8) is 0 Å².